The van der Waals surface area contributed by atoms with Crippen molar-refractivity contribution in [3.05, 3.63) is 21.9 Å². The fourth-order valence-corrected chi connectivity index (χ4v) is 3.65. The summed E-state index contributed by atoms with van der Waals surface area (Å²) in [6.07, 6.45) is 0. The Kier molecular flexibility index (Phi) is 2.48. The maximum absolute atomic E-state index is 12.3. The minimum atomic E-state index is 0.238. The number of likely N-dealkylation sites (tertiary alicyclic amines) is 1. The molecule has 4 heteroatoms. The van der Waals surface area contributed by atoms with Crippen LogP contribution in [-0.4, -0.2) is 37.0 Å². The number of fused-ring (bicyclic) bond motifs is 1. The number of hydrogen-bond donors (Lipinski definition) is 1. The molecule has 1 N–H and O–H groups in total. The zero-order valence-corrected chi connectivity index (χ0v) is 10.2. The summed E-state index contributed by atoms with van der Waals surface area (Å²) in [5.41, 5.74) is 1.12. The van der Waals surface area contributed by atoms with Crippen LogP contribution < -0.4 is 5.32 Å². The van der Waals surface area contributed by atoms with Crippen molar-refractivity contribution in [1.82, 2.24) is 10.2 Å². The normalized spacial score (nSPS) is 28.4. The lowest BCUT2D eigenvalue weighted by Gasteiger charge is -2.16. The quantitative estimate of drug-likeness (QED) is 0.798. The predicted molar refractivity (Wildman–Crippen MR) is 64.8 cm³/mol. The van der Waals surface area contributed by atoms with Crippen LogP contribution in [0, 0.1) is 18.8 Å². The molecule has 2 aliphatic rings. The van der Waals surface area contributed by atoms with Gasteiger partial charge in [0.2, 0.25) is 0 Å². The van der Waals surface area contributed by atoms with Crippen molar-refractivity contribution in [1.29, 1.82) is 0 Å². The minimum Gasteiger partial charge on any atom is -0.337 e. The molecule has 0 unspecified atom stereocenters. The van der Waals surface area contributed by atoms with E-state index in [2.05, 4.69) is 5.32 Å². The zero-order chi connectivity index (χ0) is 11.1. The number of aryl methyl sites for hydroxylation is 1. The van der Waals surface area contributed by atoms with Crippen molar-refractivity contribution in [2.75, 3.05) is 26.2 Å². The van der Waals surface area contributed by atoms with E-state index in [0.717, 1.165) is 36.6 Å². The molecule has 0 spiro atoms. The van der Waals surface area contributed by atoms with E-state index in [-0.39, 0.29) is 5.91 Å². The largest absolute Gasteiger partial charge is 0.337 e. The molecular weight excluding hydrogens is 220 g/mol. The van der Waals surface area contributed by atoms with Crippen molar-refractivity contribution in [2.45, 2.75) is 6.92 Å². The van der Waals surface area contributed by atoms with Crippen LogP contribution in [0.4, 0.5) is 0 Å². The molecule has 0 bridgehead atoms. The lowest BCUT2D eigenvalue weighted by atomic mass is 10.0. The van der Waals surface area contributed by atoms with Gasteiger partial charge in [0.25, 0.3) is 5.91 Å². The van der Waals surface area contributed by atoms with E-state index < -0.39 is 0 Å². The van der Waals surface area contributed by atoms with Gasteiger partial charge in [0.1, 0.15) is 0 Å². The molecule has 3 heterocycles. The van der Waals surface area contributed by atoms with Gasteiger partial charge in [-0.15, -0.1) is 11.3 Å². The fraction of sp³-hybridized carbons (Fsp3) is 0.583. The molecule has 0 saturated carbocycles. The molecule has 16 heavy (non-hydrogen) atoms. The average molecular weight is 236 g/mol. The summed E-state index contributed by atoms with van der Waals surface area (Å²) in [7, 11) is 0. The molecule has 3 rings (SSSR count). The molecular formula is C12H16N2OS. The highest BCUT2D eigenvalue weighted by atomic mass is 32.1. The predicted octanol–water partition coefficient (Wildman–Crippen LogP) is 1.35. The smallest absolute Gasteiger partial charge is 0.264 e. The number of carbonyl (C=O) groups is 1. The Balaban J connectivity index is 1.75. The molecule has 1 aromatic heterocycles. The topological polar surface area (TPSA) is 32.3 Å². The van der Waals surface area contributed by atoms with Gasteiger partial charge in [0.15, 0.2) is 0 Å². The maximum Gasteiger partial charge on any atom is 0.264 e. The molecule has 0 aliphatic carbocycles. The summed E-state index contributed by atoms with van der Waals surface area (Å²) in [6.45, 7) is 6.06. The highest BCUT2D eigenvalue weighted by Gasteiger charge is 2.38. The maximum atomic E-state index is 12.3. The van der Waals surface area contributed by atoms with Gasteiger partial charge in [-0.2, -0.15) is 0 Å². The van der Waals surface area contributed by atoms with Gasteiger partial charge in [-0.05, 0) is 35.8 Å². The van der Waals surface area contributed by atoms with Crippen LogP contribution in [0.2, 0.25) is 0 Å². The number of rotatable bonds is 1. The highest BCUT2D eigenvalue weighted by Crippen LogP contribution is 2.29. The molecule has 0 radical (unpaired) electrons. The molecule has 2 aliphatic heterocycles. The van der Waals surface area contributed by atoms with Crippen LogP contribution in [0.5, 0.6) is 0 Å². The first kappa shape index (κ1) is 10.3. The summed E-state index contributed by atoms with van der Waals surface area (Å²) in [4.78, 5) is 15.2. The lowest BCUT2D eigenvalue weighted by molar-refractivity contribution is 0.0786. The summed E-state index contributed by atoms with van der Waals surface area (Å²) >= 11 is 1.57. The number of hydrogen-bond acceptors (Lipinski definition) is 3. The monoisotopic (exact) mass is 236 g/mol. The Hall–Kier alpha value is -0.870. The van der Waals surface area contributed by atoms with E-state index in [1.165, 1.54) is 0 Å². The van der Waals surface area contributed by atoms with Crippen molar-refractivity contribution in [3.63, 3.8) is 0 Å². The molecule has 86 valence electrons. The van der Waals surface area contributed by atoms with E-state index in [1.54, 1.807) is 11.3 Å². The molecule has 2 saturated heterocycles. The van der Waals surface area contributed by atoms with Crippen LogP contribution in [0.1, 0.15) is 15.2 Å². The van der Waals surface area contributed by atoms with Gasteiger partial charge >= 0.3 is 0 Å². The Morgan fingerprint density at radius 3 is 2.69 bits per heavy atom. The molecule has 2 atom stereocenters. The average Bonchev–Trinajstić information content (AvgIpc) is 2.89. The van der Waals surface area contributed by atoms with Crippen LogP contribution in [0.15, 0.2) is 11.4 Å². The standard InChI is InChI=1S/C12H16N2OS/c1-8-2-3-16-11(8)12(15)14-6-9-4-13-5-10(9)7-14/h2-3,9-10,13H,4-7H2,1H3/t9-,10+. The summed E-state index contributed by atoms with van der Waals surface area (Å²) in [5.74, 6) is 1.61. The fourth-order valence-electron chi connectivity index (χ4n) is 2.76. The van der Waals surface area contributed by atoms with Crippen molar-refractivity contribution in [3.8, 4) is 0 Å². The van der Waals surface area contributed by atoms with Crippen molar-refractivity contribution in [2.24, 2.45) is 11.8 Å². The third-order valence-corrected chi connectivity index (χ3v) is 4.74. The Morgan fingerprint density at radius 1 is 1.44 bits per heavy atom. The molecule has 1 amide bonds. The molecule has 1 aromatic rings. The number of nitrogens with one attached hydrogen (secondary N) is 1. The second-order valence-corrected chi connectivity index (χ2v) is 5.74. The summed E-state index contributed by atoms with van der Waals surface area (Å²) in [5, 5.41) is 5.40. The van der Waals surface area contributed by atoms with Gasteiger partial charge in [-0.3, -0.25) is 4.79 Å². The Morgan fingerprint density at radius 2 is 2.12 bits per heavy atom. The second kappa shape index (κ2) is 3.86. The van der Waals surface area contributed by atoms with E-state index in [4.69, 9.17) is 0 Å². The van der Waals surface area contributed by atoms with Gasteiger partial charge in [0, 0.05) is 26.2 Å². The number of amides is 1. The summed E-state index contributed by atoms with van der Waals surface area (Å²) < 4.78 is 0. The van der Waals surface area contributed by atoms with Crippen LogP contribution >= 0.6 is 11.3 Å². The van der Waals surface area contributed by atoms with E-state index >= 15 is 0 Å². The SMILES string of the molecule is Cc1ccsc1C(=O)N1C[C@H]2CNC[C@H]2C1. The first-order valence-corrected chi connectivity index (χ1v) is 6.68. The zero-order valence-electron chi connectivity index (χ0n) is 9.40. The third-order valence-electron chi connectivity index (χ3n) is 3.73. The van der Waals surface area contributed by atoms with E-state index in [9.17, 15) is 4.79 Å². The van der Waals surface area contributed by atoms with E-state index in [1.807, 2.05) is 23.3 Å². The minimum absolute atomic E-state index is 0.238. The number of carbonyl (C=O) groups excluding carboxylic acids is 1. The highest BCUT2D eigenvalue weighted by molar-refractivity contribution is 7.12. The number of nitrogens with zero attached hydrogens (tertiary/aromatic N) is 1. The Bertz CT molecular complexity index is 403. The van der Waals surface area contributed by atoms with Gasteiger partial charge in [-0.25, -0.2) is 0 Å². The molecule has 3 nitrogen and oxygen atoms in total. The van der Waals surface area contributed by atoms with E-state index in [0.29, 0.717) is 11.8 Å². The van der Waals surface area contributed by atoms with Crippen molar-refractivity contribution < 1.29 is 4.79 Å². The molecule has 2 fully saturated rings. The van der Waals surface area contributed by atoms with Crippen molar-refractivity contribution >= 4 is 17.2 Å². The second-order valence-electron chi connectivity index (χ2n) is 4.82. The van der Waals surface area contributed by atoms with Gasteiger partial charge in [-0.1, -0.05) is 0 Å². The third kappa shape index (κ3) is 1.57. The lowest BCUT2D eigenvalue weighted by Crippen LogP contribution is -2.31. The van der Waals surface area contributed by atoms with Crippen LogP contribution in [0.25, 0.3) is 0 Å². The van der Waals surface area contributed by atoms with Gasteiger partial charge < -0.3 is 10.2 Å². The Labute approximate surface area is 99.5 Å². The summed E-state index contributed by atoms with van der Waals surface area (Å²) in [6, 6.07) is 2.02. The van der Waals surface area contributed by atoms with Crippen LogP contribution in [-0.2, 0) is 0 Å². The number of thiophene rings is 1. The first-order valence-electron chi connectivity index (χ1n) is 5.80. The van der Waals surface area contributed by atoms with Crippen LogP contribution in [0.3, 0.4) is 0 Å². The van der Waals surface area contributed by atoms with Gasteiger partial charge in [0.05, 0.1) is 4.88 Å². The molecule has 0 aromatic carbocycles. The first-order chi connectivity index (χ1) is 7.75.